The molecule has 0 bridgehead atoms. The molecule has 6 heteroatoms. The van der Waals surface area contributed by atoms with Gasteiger partial charge in [0.05, 0.1) is 29.4 Å². The number of nitrogens with zero attached hydrogens (tertiary/aromatic N) is 2. The minimum Gasteiger partial charge on any atom is -0.489 e. The van der Waals surface area contributed by atoms with Crippen molar-refractivity contribution >= 4 is 22.8 Å². The van der Waals surface area contributed by atoms with Gasteiger partial charge in [-0.3, -0.25) is 5.41 Å². The molecule has 0 amide bonds. The van der Waals surface area contributed by atoms with Crippen LogP contribution >= 0.6 is 0 Å². The zero-order chi connectivity index (χ0) is 16.8. The average Bonchev–Trinajstić information content (AvgIpc) is 2.56. The summed E-state index contributed by atoms with van der Waals surface area (Å²) in [5, 5.41) is 16.8. The molecule has 0 fully saturated rings. The summed E-state index contributed by atoms with van der Waals surface area (Å²) < 4.78 is 5.36. The number of aliphatic imine (C=N–C) groups is 1. The summed E-state index contributed by atoms with van der Waals surface area (Å²) >= 11 is 0. The van der Waals surface area contributed by atoms with Crippen LogP contribution in [0.15, 0.2) is 52.9 Å². The SMILES string of the molecule is CCN(C)c1ccc(N=C2C=C(OCCO)C(N)=CC2=N)cc1. The van der Waals surface area contributed by atoms with E-state index in [9.17, 15) is 0 Å². The summed E-state index contributed by atoms with van der Waals surface area (Å²) in [5.41, 5.74) is 8.76. The summed E-state index contributed by atoms with van der Waals surface area (Å²) in [6, 6.07) is 7.80. The summed E-state index contributed by atoms with van der Waals surface area (Å²) in [7, 11) is 2.03. The minimum absolute atomic E-state index is 0.0963. The van der Waals surface area contributed by atoms with Crippen LogP contribution in [0, 0.1) is 5.41 Å². The molecule has 0 saturated heterocycles. The predicted molar refractivity (Wildman–Crippen MR) is 93.6 cm³/mol. The number of benzene rings is 1. The summed E-state index contributed by atoms with van der Waals surface area (Å²) in [5.74, 6) is 0.427. The highest BCUT2D eigenvalue weighted by Gasteiger charge is 2.15. The van der Waals surface area contributed by atoms with Gasteiger partial charge in [0, 0.05) is 25.4 Å². The lowest BCUT2D eigenvalue weighted by Crippen LogP contribution is -2.20. The molecule has 0 spiro atoms. The van der Waals surface area contributed by atoms with Gasteiger partial charge < -0.3 is 20.5 Å². The van der Waals surface area contributed by atoms with Crippen LogP contribution in [0.3, 0.4) is 0 Å². The van der Waals surface area contributed by atoms with Crippen LogP contribution in [0.1, 0.15) is 6.92 Å². The number of ether oxygens (including phenoxy) is 1. The number of anilines is 1. The Labute approximate surface area is 136 Å². The molecular formula is C17H22N4O2. The average molecular weight is 314 g/mol. The third-order valence-corrected chi connectivity index (χ3v) is 3.49. The molecule has 0 aliphatic heterocycles. The van der Waals surface area contributed by atoms with Gasteiger partial charge in [-0.2, -0.15) is 0 Å². The molecule has 23 heavy (non-hydrogen) atoms. The zero-order valence-corrected chi connectivity index (χ0v) is 13.4. The molecule has 122 valence electrons. The second-order valence-electron chi connectivity index (χ2n) is 5.12. The Bertz CT molecular complexity index is 660. The lowest BCUT2D eigenvalue weighted by Gasteiger charge is -2.17. The van der Waals surface area contributed by atoms with Gasteiger partial charge in [0.2, 0.25) is 0 Å². The van der Waals surface area contributed by atoms with Crippen molar-refractivity contribution < 1.29 is 9.84 Å². The van der Waals surface area contributed by atoms with E-state index in [0.717, 1.165) is 17.9 Å². The molecule has 1 aromatic rings. The van der Waals surface area contributed by atoms with E-state index >= 15 is 0 Å². The number of aliphatic hydroxyl groups is 1. The molecular weight excluding hydrogens is 292 g/mol. The number of aliphatic hydroxyl groups excluding tert-OH is 1. The van der Waals surface area contributed by atoms with E-state index in [1.165, 1.54) is 6.08 Å². The molecule has 1 aliphatic carbocycles. The Morgan fingerprint density at radius 1 is 1.26 bits per heavy atom. The van der Waals surface area contributed by atoms with E-state index in [-0.39, 0.29) is 18.9 Å². The molecule has 6 nitrogen and oxygen atoms in total. The third kappa shape index (κ3) is 4.20. The van der Waals surface area contributed by atoms with Gasteiger partial charge >= 0.3 is 0 Å². The van der Waals surface area contributed by atoms with Gasteiger partial charge in [-0.05, 0) is 37.3 Å². The van der Waals surface area contributed by atoms with Crippen molar-refractivity contribution in [2.24, 2.45) is 10.7 Å². The van der Waals surface area contributed by atoms with Crippen molar-refractivity contribution in [1.29, 1.82) is 5.41 Å². The highest BCUT2D eigenvalue weighted by molar-refractivity contribution is 6.50. The topological polar surface area (TPSA) is 94.9 Å². The van der Waals surface area contributed by atoms with Crippen LogP contribution in [0.25, 0.3) is 0 Å². The molecule has 0 aromatic heterocycles. The van der Waals surface area contributed by atoms with Gasteiger partial charge in [-0.15, -0.1) is 0 Å². The number of hydrogen-bond acceptors (Lipinski definition) is 6. The van der Waals surface area contributed by atoms with Crippen molar-refractivity contribution in [3.8, 4) is 0 Å². The van der Waals surface area contributed by atoms with Crippen LogP contribution in [-0.4, -0.2) is 43.3 Å². The van der Waals surface area contributed by atoms with Gasteiger partial charge in [0.25, 0.3) is 0 Å². The number of allylic oxidation sites excluding steroid dienone is 2. The Morgan fingerprint density at radius 3 is 2.57 bits per heavy atom. The molecule has 1 aromatic carbocycles. The molecule has 0 heterocycles. The fourth-order valence-corrected chi connectivity index (χ4v) is 2.06. The normalized spacial score (nSPS) is 16.1. The quantitative estimate of drug-likeness (QED) is 0.700. The Hall–Kier alpha value is -2.60. The molecule has 0 unspecified atom stereocenters. The van der Waals surface area contributed by atoms with E-state index < -0.39 is 0 Å². The van der Waals surface area contributed by atoms with Crippen LogP contribution in [0.5, 0.6) is 0 Å². The van der Waals surface area contributed by atoms with Crippen LogP contribution in [0.2, 0.25) is 0 Å². The van der Waals surface area contributed by atoms with Gasteiger partial charge in [0.15, 0.2) is 0 Å². The highest BCUT2D eigenvalue weighted by atomic mass is 16.5. The first-order chi connectivity index (χ1) is 11.0. The summed E-state index contributed by atoms with van der Waals surface area (Å²) in [6.45, 7) is 3.07. The maximum Gasteiger partial charge on any atom is 0.144 e. The maximum atomic E-state index is 8.84. The van der Waals surface area contributed by atoms with Gasteiger partial charge in [-0.25, -0.2) is 4.99 Å². The lowest BCUT2D eigenvalue weighted by molar-refractivity contribution is 0.149. The second kappa shape index (κ2) is 7.60. The number of hydrogen-bond donors (Lipinski definition) is 3. The van der Waals surface area contributed by atoms with E-state index in [2.05, 4.69) is 16.8 Å². The van der Waals surface area contributed by atoms with Crippen LogP contribution < -0.4 is 10.6 Å². The Kier molecular flexibility index (Phi) is 5.54. The van der Waals surface area contributed by atoms with Crippen LogP contribution in [0.4, 0.5) is 11.4 Å². The highest BCUT2D eigenvalue weighted by Crippen LogP contribution is 2.21. The Morgan fingerprint density at radius 2 is 1.96 bits per heavy atom. The fraction of sp³-hybridized carbons (Fsp3) is 0.294. The molecule has 4 N–H and O–H groups in total. The predicted octanol–water partition coefficient (Wildman–Crippen LogP) is 1.98. The maximum absolute atomic E-state index is 8.84. The molecule has 0 saturated carbocycles. The monoisotopic (exact) mass is 314 g/mol. The summed E-state index contributed by atoms with van der Waals surface area (Å²) in [4.78, 5) is 6.60. The van der Waals surface area contributed by atoms with E-state index in [4.69, 9.17) is 21.0 Å². The van der Waals surface area contributed by atoms with Crippen molar-refractivity contribution in [2.75, 3.05) is 31.7 Å². The first kappa shape index (κ1) is 16.8. The van der Waals surface area contributed by atoms with E-state index in [1.54, 1.807) is 6.08 Å². The molecule has 0 radical (unpaired) electrons. The first-order valence-electron chi connectivity index (χ1n) is 7.47. The first-order valence-corrected chi connectivity index (χ1v) is 7.47. The molecule has 0 atom stereocenters. The van der Waals surface area contributed by atoms with E-state index in [0.29, 0.717) is 17.2 Å². The zero-order valence-electron chi connectivity index (χ0n) is 13.4. The van der Waals surface area contributed by atoms with Crippen molar-refractivity contribution in [3.63, 3.8) is 0 Å². The van der Waals surface area contributed by atoms with Crippen LogP contribution in [-0.2, 0) is 4.74 Å². The minimum atomic E-state index is -0.0963. The fourth-order valence-electron chi connectivity index (χ4n) is 2.06. The largest absolute Gasteiger partial charge is 0.489 e. The summed E-state index contributed by atoms with van der Waals surface area (Å²) in [6.07, 6.45) is 3.13. The van der Waals surface area contributed by atoms with Gasteiger partial charge in [-0.1, -0.05) is 0 Å². The standard InChI is InChI=1S/C17H22N4O2/c1-3-21(2)13-6-4-12(5-7-13)20-16-11-17(23-9-8-22)15(19)10-14(16)18/h4-7,10-11,18,22H,3,8-9,19H2,1-2H3. The molecule has 2 rings (SSSR count). The number of nitrogens with one attached hydrogen (secondary N) is 1. The third-order valence-electron chi connectivity index (χ3n) is 3.49. The van der Waals surface area contributed by atoms with Gasteiger partial charge in [0.1, 0.15) is 12.4 Å². The Balaban J connectivity index is 2.23. The second-order valence-corrected chi connectivity index (χ2v) is 5.12. The molecule has 1 aliphatic rings. The number of nitrogens with two attached hydrogens (primary N) is 1. The number of rotatable bonds is 6. The lowest BCUT2D eigenvalue weighted by atomic mass is 10.1. The van der Waals surface area contributed by atoms with Crippen molar-refractivity contribution in [2.45, 2.75) is 6.92 Å². The van der Waals surface area contributed by atoms with Crippen molar-refractivity contribution in [1.82, 2.24) is 0 Å². The van der Waals surface area contributed by atoms with Crippen molar-refractivity contribution in [3.05, 3.63) is 47.9 Å². The smallest absolute Gasteiger partial charge is 0.144 e. The van der Waals surface area contributed by atoms with E-state index in [1.807, 2.05) is 31.3 Å².